The van der Waals surface area contributed by atoms with Gasteiger partial charge in [-0.2, -0.15) is 0 Å². The summed E-state index contributed by atoms with van der Waals surface area (Å²) in [7, 11) is 3.07. The SMILES string of the molecule is COC(=O)C1CC2(CC(NC(=O)c3c(C)sc(C)c3Cc3ccc(-c4ccnc(OC)c4)cc3)C2)C1. The standard InChI is InChI=1S/C29H32N2O4S/c1-17-24(11-19-5-7-20(8-6-19)21-9-10-30-25(12-21)34-3)26(18(2)36-17)27(32)31-23-15-29(16-23)13-22(14-29)28(33)35-4/h5-10,12,22-23H,11,13-16H2,1-4H3,(H,31,32). The highest BCUT2D eigenvalue weighted by Gasteiger charge is 2.55. The summed E-state index contributed by atoms with van der Waals surface area (Å²) in [6.07, 6.45) is 6.13. The Bertz CT molecular complexity index is 1280. The van der Waals surface area contributed by atoms with Gasteiger partial charge >= 0.3 is 5.97 Å². The van der Waals surface area contributed by atoms with Gasteiger partial charge in [-0.25, -0.2) is 4.98 Å². The Morgan fingerprint density at radius 1 is 1.03 bits per heavy atom. The van der Waals surface area contributed by atoms with E-state index in [-0.39, 0.29) is 29.3 Å². The van der Waals surface area contributed by atoms with Crippen molar-refractivity contribution in [3.63, 3.8) is 0 Å². The summed E-state index contributed by atoms with van der Waals surface area (Å²) in [5.41, 5.74) is 5.47. The molecule has 2 fully saturated rings. The minimum atomic E-state index is -0.101. The van der Waals surface area contributed by atoms with Gasteiger partial charge in [-0.1, -0.05) is 24.3 Å². The highest BCUT2D eigenvalue weighted by molar-refractivity contribution is 7.12. The van der Waals surface area contributed by atoms with Gasteiger partial charge in [0, 0.05) is 28.1 Å². The van der Waals surface area contributed by atoms with Gasteiger partial charge < -0.3 is 14.8 Å². The summed E-state index contributed by atoms with van der Waals surface area (Å²) in [6, 6.07) is 12.5. The van der Waals surface area contributed by atoms with E-state index in [1.807, 2.05) is 19.1 Å². The summed E-state index contributed by atoms with van der Waals surface area (Å²) < 4.78 is 10.1. The Morgan fingerprint density at radius 3 is 2.42 bits per heavy atom. The second-order valence-electron chi connectivity index (χ2n) is 10.2. The predicted octanol–water partition coefficient (Wildman–Crippen LogP) is 5.49. The zero-order valence-electron chi connectivity index (χ0n) is 21.2. The number of carbonyl (C=O) groups is 2. The monoisotopic (exact) mass is 504 g/mol. The largest absolute Gasteiger partial charge is 0.481 e. The number of carbonyl (C=O) groups excluding carboxylic acids is 2. The number of hydrogen-bond donors (Lipinski definition) is 1. The van der Waals surface area contributed by atoms with Crippen LogP contribution in [0.25, 0.3) is 11.1 Å². The van der Waals surface area contributed by atoms with Crippen molar-refractivity contribution in [2.24, 2.45) is 11.3 Å². The number of pyridine rings is 1. The number of thiophene rings is 1. The van der Waals surface area contributed by atoms with E-state index < -0.39 is 0 Å². The third-order valence-corrected chi connectivity index (χ3v) is 8.87. The minimum absolute atomic E-state index is 0.0241. The minimum Gasteiger partial charge on any atom is -0.481 e. The molecule has 0 saturated heterocycles. The maximum Gasteiger partial charge on any atom is 0.308 e. The van der Waals surface area contributed by atoms with E-state index in [2.05, 4.69) is 41.5 Å². The average molecular weight is 505 g/mol. The molecule has 7 heteroatoms. The fraction of sp³-hybridized carbons (Fsp3) is 0.414. The van der Waals surface area contributed by atoms with Crippen molar-refractivity contribution in [3.8, 4) is 17.0 Å². The van der Waals surface area contributed by atoms with Gasteiger partial charge in [-0.15, -0.1) is 11.3 Å². The predicted molar refractivity (Wildman–Crippen MR) is 140 cm³/mol. The molecule has 36 heavy (non-hydrogen) atoms. The van der Waals surface area contributed by atoms with Crippen molar-refractivity contribution in [1.82, 2.24) is 10.3 Å². The van der Waals surface area contributed by atoms with Crippen LogP contribution in [0.15, 0.2) is 42.6 Å². The number of rotatable bonds is 7. The number of esters is 1. The lowest BCUT2D eigenvalue weighted by molar-refractivity contribution is -0.159. The molecular formula is C29H32N2O4S. The van der Waals surface area contributed by atoms with Gasteiger partial charge in [0.15, 0.2) is 0 Å². The quantitative estimate of drug-likeness (QED) is 0.431. The van der Waals surface area contributed by atoms with Crippen molar-refractivity contribution in [2.45, 2.75) is 52.0 Å². The van der Waals surface area contributed by atoms with Crippen LogP contribution in [0.2, 0.25) is 0 Å². The van der Waals surface area contributed by atoms with Gasteiger partial charge in [0.2, 0.25) is 5.88 Å². The lowest BCUT2D eigenvalue weighted by Gasteiger charge is -2.56. The third-order valence-electron chi connectivity index (χ3n) is 7.81. The number of nitrogens with zero attached hydrogens (tertiary/aromatic N) is 1. The van der Waals surface area contributed by atoms with Crippen LogP contribution in [-0.2, 0) is 16.0 Å². The molecule has 0 radical (unpaired) electrons. The van der Waals surface area contributed by atoms with Crippen LogP contribution in [0.5, 0.6) is 5.88 Å². The van der Waals surface area contributed by atoms with Gasteiger partial charge in [-0.05, 0) is 79.7 Å². The van der Waals surface area contributed by atoms with E-state index in [1.54, 1.807) is 24.6 Å². The second kappa shape index (κ2) is 9.69. The Kier molecular flexibility index (Phi) is 6.60. The molecule has 188 valence electrons. The first kappa shape index (κ1) is 24.5. The van der Waals surface area contributed by atoms with Crippen LogP contribution in [0.3, 0.4) is 0 Å². The number of aryl methyl sites for hydroxylation is 2. The van der Waals surface area contributed by atoms with E-state index in [0.717, 1.165) is 52.8 Å². The second-order valence-corrected chi connectivity index (χ2v) is 11.7. The van der Waals surface area contributed by atoms with E-state index in [0.29, 0.717) is 12.3 Å². The number of nitrogens with one attached hydrogen (secondary N) is 1. The average Bonchev–Trinajstić information content (AvgIpc) is 3.12. The van der Waals surface area contributed by atoms with E-state index in [1.165, 1.54) is 17.6 Å². The molecule has 0 aliphatic heterocycles. The summed E-state index contributed by atoms with van der Waals surface area (Å²) >= 11 is 1.69. The highest BCUT2D eigenvalue weighted by atomic mass is 32.1. The Hall–Kier alpha value is -3.19. The first-order chi connectivity index (χ1) is 17.3. The van der Waals surface area contributed by atoms with Crippen LogP contribution in [-0.4, -0.2) is 37.1 Å². The number of benzene rings is 1. The molecule has 1 N–H and O–H groups in total. The number of amides is 1. The van der Waals surface area contributed by atoms with Crippen LogP contribution in [0, 0.1) is 25.2 Å². The molecule has 6 nitrogen and oxygen atoms in total. The van der Waals surface area contributed by atoms with Crippen LogP contribution < -0.4 is 10.1 Å². The molecule has 3 aromatic rings. The molecule has 2 aliphatic carbocycles. The van der Waals surface area contributed by atoms with Gasteiger partial charge in [-0.3, -0.25) is 9.59 Å². The van der Waals surface area contributed by atoms with Crippen molar-refractivity contribution >= 4 is 23.2 Å². The fourth-order valence-electron chi connectivity index (χ4n) is 5.96. The van der Waals surface area contributed by atoms with Crippen LogP contribution in [0.1, 0.15) is 56.9 Å². The van der Waals surface area contributed by atoms with Crippen LogP contribution >= 0.6 is 11.3 Å². The summed E-state index contributed by atoms with van der Waals surface area (Å²) in [4.78, 5) is 31.5. The third kappa shape index (κ3) is 4.64. The molecule has 2 aromatic heterocycles. The smallest absolute Gasteiger partial charge is 0.308 e. The maximum atomic E-state index is 13.3. The molecular weight excluding hydrogens is 472 g/mol. The van der Waals surface area contributed by atoms with Crippen molar-refractivity contribution in [1.29, 1.82) is 0 Å². The Morgan fingerprint density at radius 2 is 1.75 bits per heavy atom. The number of aromatic nitrogens is 1. The first-order valence-corrected chi connectivity index (χ1v) is 13.2. The zero-order valence-corrected chi connectivity index (χ0v) is 22.0. The molecule has 2 heterocycles. The van der Waals surface area contributed by atoms with Crippen molar-refractivity contribution in [3.05, 3.63) is 69.0 Å². The maximum absolute atomic E-state index is 13.3. The molecule has 1 aromatic carbocycles. The number of ether oxygens (including phenoxy) is 2. The normalized spacial score (nSPS) is 22.4. The highest BCUT2D eigenvalue weighted by Crippen LogP contribution is 2.59. The molecule has 2 aliphatic rings. The van der Waals surface area contributed by atoms with Gasteiger partial charge in [0.25, 0.3) is 5.91 Å². The fourth-order valence-corrected chi connectivity index (χ4v) is 7.03. The molecule has 1 amide bonds. The molecule has 2 saturated carbocycles. The Labute approximate surface area is 216 Å². The molecule has 0 bridgehead atoms. The zero-order chi connectivity index (χ0) is 25.4. The molecule has 1 spiro atoms. The first-order valence-electron chi connectivity index (χ1n) is 12.4. The van der Waals surface area contributed by atoms with Crippen LogP contribution in [0.4, 0.5) is 0 Å². The lowest BCUT2D eigenvalue weighted by atomic mass is 9.50. The van der Waals surface area contributed by atoms with E-state index >= 15 is 0 Å². The summed E-state index contributed by atoms with van der Waals surface area (Å²) in [5.74, 6) is 0.549. The lowest BCUT2D eigenvalue weighted by Crippen LogP contribution is -2.57. The van der Waals surface area contributed by atoms with Crippen molar-refractivity contribution in [2.75, 3.05) is 14.2 Å². The van der Waals surface area contributed by atoms with Gasteiger partial charge in [0.1, 0.15) is 0 Å². The molecule has 5 rings (SSSR count). The number of hydrogen-bond acceptors (Lipinski definition) is 6. The Balaban J connectivity index is 1.24. The summed E-state index contributed by atoms with van der Waals surface area (Å²) in [5, 5.41) is 3.27. The van der Waals surface area contributed by atoms with E-state index in [4.69, 9.17) is 9.47 Å². The number of methoxy groups -OCH3 is 2. The summed E-state index contributed by atoms with van der Waals surface area (Å²) in [6.45, 7) is 4.13. The van der Waals surface area contributed by atoms with Crippen molar-refractivity contribution < 1.29 is 19.1 Å². The van der Waals surface area contributed by atoms with E-state index in [9.17, 15) is 9.59 Å². The molecule has 0 atom stereocenters. The van der Waals surface area contributed by atoms with Gasteiger partial charge in [0.05, 0.1) is 25.7 Å². The topological polar surface area (TPSA) is 77.5 Å². The molecule has 0 unspecified atom stereocenters.